The fourth-order valence-corrected chi connectivity index (χ4v) is 12.3. The van der Waals surface area contributed by atoms with Crippen LogP contribution in [0.25, 0.3) is 6.08 Å². The van der Waals surface area contributed by atoms with Gasteiger partial charge in [0, 0.05) is 28.8 Å². The summed E-state index contributed by atoms with van der Waals surface area (Å²) in [6.45, 7) is 12.3. The van der Waals surface area contributed by atoms with Crippen LogP contribution in [0.15, 0.2) is 248 Å². The first-order valence-electron chi connectivity index (χ1n) is 24.3. The first-order chi connectivity index (χ1) is 39.3. The van der Waals surface area contributed by atoms with E-state index in [0.29, 0.717) is 47.0 Å². The van der Waals surface area contributed by atoms with Crippen molar-refractivity contribution in [3.05, 3.63) is 271 Å². The molecule has 3 nitrogen and oxygen atoms in total. The Bertz CT molecular complexity index is 2700. The van der Waals surface area contributed by atoms with Gasteiger partial charge in [-0.05, 0) is 78.2 Å². The fourth-order valence-electron chi connectivity index (χ4n) is 7.39. The van der Waals surface area contributed by atoms with E-state index < -0.39 is 62.9 Å². The molecule has 9 rings (SSSR count). The van der Waals surface area contributed by atoms with E-state index in [9.17, 15) is 52.7 Å². The largest absolute Gasteiger partial charge is 2.00 e. The van der Waals surface area contributed by atoms with Crippen molar-refractivity contribution >= 4 is 113 Å². The van der Waals surface area contributed by atoms with Crippen molar-refractivity contribution in [2.24, 2.45) is 0 Å². The first kappa shape index (κ1) is 79.0. The summed E-state index contributed by atoms with van der Waals surface area (Å²) in [5.74, 6) is 0. The van der Waals surface area contributed by atoms with Gasteiger partial charge in [-0.15, -0.1) is 0 Å². The van der Waals surface area contributed by atoms with Crippen LogP contribution < -0.4 is 48.8 Å². The van der Waals surface area contributed by atoms with Crippen LogP contribution >= 0.6 is 52.2 Å². The fraction of sp³-hybridized carbons (Fsp3) is 0.161. The number of alkyl halides is 12. The molecule has 0 aliphatic carbocycles. The topological polar surface area (TPSA) is 49.7 Å². The Balaban J connectivity index is 0.000000533. The zero-order valence-corrected chi connectivity index (χ0v) is 53.5. The summed E-state index contributed by atoms with van der Waals surface area (Å²) in [5, 5.41) is 26.4. The van der Waals surface area contributed by atoms with Crippen molar-refractivity contribution in [3.8, 4) is 0 Å². The first-order valence-corrected chi connectivity index (χ1v) is 30.5. The number of aliphatic hydroxyl groups is 2. The van der Waals surface area contributed by atoms with E-state index in [4.69, 9.17) is 35.3 Å². The standard InChI is InChI=1S/2C18H15P.C11H8F6O.C9H5BrF6O.C4H8O.C2H3.BrH.2ClH.Mg.Ni/c2*1-4-10-16(11-5-1)19(17-12-6-2-7-13-17)18-14-8-3-9-15-18;1-2-7-3-5-8(6-4-7)9(18,10(12,13)14)11(15,16)17;10-6-3-1-5(2-4-6)7(17,8(11,12)13)9(14,15)16;1-2-4-5-3-1;1-2;;;;;/h2*1-15H;2-6,18H,1H2;1-4,17H;1-4H2;1H,2H2;3*1H;;/q;;;;;-1;;;;2*+2/p-3. The van der Waals surface area contributed by atoms with Gasteiger partial charge in [0.25, 0.3) is 11.2 Å². The van der Waals surface area contributed by atoms with E-state index in [0.717, 1.165) is 37.5 Å². The Morgan fingerprint density at radius 2 is 0.624 bits per heavy atom. The van der Waals surface area contributed by atoms with Gasteiger partial charge < -0.3 is 38.5 Å². The van der Waals surface area contributed by atoms with Gasteiger partial charge >= 0.3 is 80.8 Å². The van der Waals surface area contributed by atoms with Gasteiger partial charge in [0.2, 0.25) is 0 Å². The summed E-state index contributed by atoms with van der Waals surface area (Å²) in [6, 6.07) is 70.9. The van der Waals surface area contributed by atoms with Crippen LogP contribution in [0.5, 0.6) is 0 Å². The van der Waals surface area contributed by atoms with Crippen LogP contribution in [0.2, 0.25) is 0 Å². The van der Waals surface area contributed by atoms with Gasteiger partial charge in [-0.1, -0.05) is 247 Å². The smallest absolute Gasteiger partial charge is 0.0622 e. The number of rotatable bonds is 9. The molecule has 2 N–H and O–H groups in total. The van der Waals surface area contributed by atoms with Crippen molar-refractivity contribution in [3.63, 3.8) is 0 Å². The third kappa shape index (κ3) is 23.8. The third-order valence-electron chi connectivity index (χ3n) is 11.4. The molecule has 23 heteroatoms. The zero-order valence-electron chi connectivity index (χ0n) is 44.6. The van der Waals surface area contributed by atoms with Crippen molar-refractivity contribution in [1.29, 1.82) is 0 Å². The van der Waals surface area contributed by atoms with Gasteiger partial charge in [0.05, 0.1) is 0 Å². The normalized spacial score (nSPS) is 12.1. The minimum atomic E-state index is -5.86. The molecule has 8 aromatic carbocycles. The van der Waals surface area contributed by atoms with E-state index in [1.54, 1.807) is 0 Å². The molecule has 0 atom stereocenters. The van der Waals surface area contributed by atoms with E-state index in [-0.39, 0.29) is 40.0 Å². The average molecular weight is 1450 g/mol. The molecule has 0 saturated carbocycles. The Labute approximate surface area is 539 Å². The number of hydrogen-bond acceptors (Lipinski definition) is 3. The predicted molar refractivity (Wildman–Crippen MR) is 320 cm³/mol. The molecule has 1 fully saturated rings. The Kier molecular flexibility index (Phi) is 36.3. The molecule has 1 saturated heterocycles. The number of halogens is 16. The van der Waals surface area contributed by atoms with Gasteiger partial charge in [0.1, 0.15) is 0 Å². The van der Waals surface area contributed by atoms with Crippen LogP contribution in [0.1, 0.15) is 29.5 Å². The second kappa shape index (κ2) is 39.1. The molecule has 85 heavy (non-hydrogen) atoms. The monoisotopic (exact) mass is 1450 g/mol. The molecule has 1 aliphatic heterocycles. The Morgan fingerprint density at radius 3 is 0.788 bits per heavy atom. The summed E-state index contributed by atoms with van der Waals surface area (Å²) in [7, 11) is 8.51. The summed E-state index contributed by atoms with van der Waals surface area (Å²) in [4.78, 5) is 0. The molecule has 454 valence electrons. The molecule has 0 amide bonds. The maximum Gasteiger partial charge on any atom is 2.00 e. The van der Waals surface area contributed by atoms with Crippen molar-refractivity contribution in [1.82, 2.24) is 0 Å². The van der Waals surface area contributed by atoms with E-state index >= 15 is 0 Å². The molecule has 0 bridgehead atoms. The number of ether oxygens (including phenoxy) is 1. The molecule has 0 aromatic heterocycles. The molecule has 0 spiro atoms. The van der Waals surface area contributed by atoms with Crippen LogP contribution in [0, 0.1) is 6.58 Å². The van der Waals surface area contributed by atoms with Gasteiger partial charge in [-0.25, -0.2) is 0 Å². The van der Waals surface area contributed by atoms with Crippen molar-refractivity contribution in [2.75, 3.05) is 13.2 Å². The molecule has 1 heterocycles. The maximum atomic E-state index is 12.5. The van der Waals surface area contributed by atoms with E-state index in [1.165, 1.54) is 50.7 Å². The van der Waals surface area contributed by atoms with Crippen molar-refractivity contribution in [2.45, 2.75) is 48.7 Å². The molecule has 0 radical (unpaired) electrons. The molecule has 8 aromatic rings. The Hall–Kier alpha value is -4.06. The summed E-state index contributed by atoms with van der Waals surface area (Å²) < 4.78 is 155. The van der Waals surface area contributed by atoms with Crippen molar-refractivity contribution < 1.29 is 97.3 Å². The minimum Gasteiger partial charge on any atom is -0.0622 e. The average Bonchev–Trinajstić information content (AvgIpc) is 4.18. The zero-order chi connectivity index (χ0) is 61.7. The van der Waals surface area contributed by atoms with E-state index in [1.807, 2.05) is 0 Å². The Morgan fingerprint density at radius 1 is 0.424 bits per heavy atom. The van der Waals surface area contributed by atoms with Crippen LogP contribution in [-0.2, 0) is 28.6 Å². The third-order valence-corrected chi connectivity index (χ3v) is 16.8. The number of hydrogen-bond donors (Lipinski definition) is 2. The molecular formula is C62H54Br2Cl2F12MgNiO3P2. The SMILES string of the molecule is C1CCOC1.C=Cc1ccc(C(O)(C(F)(F)F)C(F)(F)F)cc1.OC(c1ccc(Br)cc1)(C(F)(F)F)C(F)(F)F.[Br-].[CH-]=C.[Cl][Ni][Cl].[Mg+2].c1ccc(P(c2ccccc2)c2ccccc2)cc1.c1ccc(P(c2ccccc2)c2ccccc2)cc1. The van der Waals surface area contributed by atoms with Crippen LogP contribution in [0.4, 0.5) is 52.7 Å². The van der Waals surface area contributed by atoms with Gasteiger partial charge in [0.15, 0.2) is 0 Å². The summed E-state index contributed by atoms with van der Waals surface area (Å²) in [6.07, 6.45) is -19.6. The minimum absolute atomic E-state index is 0. The van der Waals surface area contributed by atoms with Crippen LogP contribution in [-0.4, -0.2) is 71.2 Å². The maximum absolute atomic E-state index is 12.5. The molecule has 0 unspecified atom stereocenters. The van der Waals surface area contributed by atoms with Gasteiger partial charge in [-0.2, -0.15) is 52.7 Å². The number of benzene rings is 8. The summed E-state index contributed by atoms with van der Waals surface area (Å²) in [5.41, 5.74) is -12.0. The van der Waals surface area contributed by atoms with E-state index in [2.05, 4.69) is 218 Å². The van der Waals surface area contributed by atoms with Gasteiger partial charge in [-0.3, -0.25) is 6.58 Å². The second-order valence-corrected chi connectivity index (χ2v) is 23.8. The quantitative estimate of drug-likeness (QED) is 0.0655. The van der Waals surface area contributed by atoms with Crippen LogP contribution in [0.3, 0.4) is 0 Å². The second-order valence-electron chi connectivity index (χ2n) is 16.8. The molecule has 1 aliphatic rings. The predicted octanol–water partition coefficient (Wildman–Crippen LogP) is 13.7. The summed E-state index contributed by atoms with van der Waals surface area (Å²) >= 11 is 3.44. The molecular weight excluding hydrogens is 1400 g/mol.